The number of carbonyl (C=O) groups excluding carboxylic acids is 1. The Labute approximate surface area is 150 Å². The molecule has 0 aromatic heterocycles. The number of amides is 1. The van der Waals surface area contributed by atoms with E-state index in [1.165, 1.54) is 11.3 Å². The number of anilines is 2. The molecular formula is C21H27N3O. The van der Waals surface area contributed by atoms with Crippen LogP contribution in [0, 0.1) is 13.8 Å². The quantitative estimate of drug-likeness (QED) is 0.908. The number of hydrogen-bond acceptors (Lipinski definition) is 3. The number of para-hydroxylation sites is 1. The van der Waals surface area contributed by atoms with E-state index in [1.54, 1.807) is 0 Å². The number of nitrogens with zero attached hydrogens (tertiary/aromatic N) is 2. The van der Waals surface area contributed by atoms with Crippen LogP contribution in [0.1, 0.15) is 17.5 Å². The van der Waals surface area contributed by atoms with Crippen molar-refractivity contribution in [3.8, 4) is 0 Å². The molecule has 0 aliphatic carbocycles. The van der Waals surface area contributed by atoms with Gasteiger partial charge >= 0.3 is 0 Å². The summed E-state index contributed by atoms with van der Waals surface area (Å²) in [5.74, 6) is 0.0949. The summed E-state index contributed by atoms with van der Waals surface area (Å²) in [5, 5.41) is 3.04. The second-order valence-corrected chi connectivity index (χ2v) is 6.78. The van der Waals surface area contributed by atoms with Crippen molar-refractivity contribution < 1.29 is 4.79 Å². The number of benzene rings is 2. The lowest BCUT2D eigenvalue weighted by Gasteiger charge is -2.36. The van der Waals surface area contributed by atoms with E-state index in [0.717, 1.165) is 44.0 Å². The first-order chi connectivity index (χ1) is 12.1. The van der Waals surface area contributed by atoms with Gasteiger partial charge in [0.2, 0.25) is 5.91 Å². The Hall–Kier alpha value is -2.33. The van der Waals surface area contributed by atoms with Gasteiger partial charge in [0.15, 0.2) is 0 Å². The number of nitrogens with one attached hydrogen (secondary N) is 1. The molecule has 132 valence electrons. The zero-order chi connectivity index (χ0) is 17.6. The Bertz CT molecular complexity index is 706. The summed E-state index contributed by atoms with van der Waals surface area (Å²) >= 11 is 0. The van der Waals surface area contributed by atoms with E-state index in [-0.39, 0.29) is 5.91 Å². The van der Waals surface area contributed by atoms with Crippen LogP contribution in [-0.2, 0) is 4.79 Å². The van der Waals surface area contributed by atoms with Crippen LogP contribution in [-0.4, -0.2) is 43.5 Å². The molecule has 25 heavy (non-hydrogen) atoms. The molecule has 3 rings (SSSR count). The van der Waals surface area contributed by atoms with Crippen molar-refractivity contribution in [2.24, 2.45) is 0 Å². The van der Waals surface area contributed by atoms with Crippen molar-refractivity contribution in [3.63, 3.8) is 0 Å². The summed E-state index contributed by atoms with van der Waals surface area (Å²) in [5.41, 5.74) is 4.54. The van der Waals surface area contributed by atoms with Gasteiger partial charge in [-0.25, -0.2) is 0 Å². The van der Waals surface area contributed by atoms with Crippen LogP contribution in [0.25, 0.3) is 0 Å². The fourth-order valence-corrected chi connectivity index (χ4v) is 3.29. The molecule has 0 radical (unpaired) electrons. The van der Waals surface area contributed by atoms with Crippen LogP contribution in [0.2, 0.25) is 0 Å². The lowest BCUT2D eigenvalue weighted by Crippen LogP contribution is -2.47. The first-order valence-corrected chi connectivity index (χ1v) is 9.01. The van der Waals surface area contributed by atoms with Crippen LogP contribution in [0.5, 0.6) is 0 Å². The van der Waals surface area contributed by atoms with Gasteiger partial charge in [0, 0.05) is 50.5 Å². The van der Waals surface area contributed by atoms with Crippen molar-refractivity contribution in [2.75, 3.05) is 42.9 Å². The Kier molecular flexibility index (Phi) is 5.71. The lowest BCUT2D eigenvalue weighted by atomic mass is 10.1. The first-order valence-electron chi connectivity index (χ1n) is 9.01. The zero-order valence-corrected chi connectivity index (χ0v) is 15.2. The highest BCUT2D eigenvalue weighted by molar-refractivity contribution is 5.91. The van der Waals surface area contributed by atoms with E-state index in [9.17, 15) is 4.79 Å². The highest BCUT2D eigenvalue weighted by atomic mass is 16.1. The third-order valence-electron chi connectivity index (χ3n) is 4.80. The van der Waals surface area contributed by atoms with E-state index in [0.29, 0.717) is 6.42 Å². The van der Waals surface area contributed by atoms with Crippen molar-refractivity contribution in [1.82, 2.24) is 4.90 Å². The monoisotopic (exact) mass is 337 g/mol. The van der Waals surface area contributed by atoms with Gasteiger partial charge in [-0.15, -0.1) is 0 Å². The van der Waals surface area contributed by atoms with Crippen LogP contribution < -0.4 is 10.2 Å². The third kappa shape index (κ3) is 4.83. The predicted octanol–water partition coefficient (Wildman–Crippen LogP) is 3.45. The summed E-state index contributed by atoms with van der Waals surface area (Å²) < 4.78 is 0. The van der Waals surface area contributed by atoms with Crippen molar-refractivity contribution in [3.05, 3.63) is 59.7 Å². The molecular weight excluding hydrogens is 310 g/mol. The number of hydrogen-bond donors (Lipinski definition) is 1. The van der Waals surface area contributed by atoms with Crippen molar-refractivity contribution >= 4 is 17.3 Å². The Morgan fingerprint density at radius 3 is 2.40 bits per heavy atom. The maximum absolute atomic E-state index is 12.2. The summed E-state index contributed by atoms with van der Waals surface area (Å²) in [7, 11) is 0. The van der Waals surface area contributed by atoms with Gasteiger partial charge in [0.25, 0.3) is 0 Å². The van der Waals surface area contributed by atoms with E-state index < -0.39 is 0 Å². The van der Waals surface area contributed by atoms with Gasteiger partial charge in [-0.3, -0.25) is 9.69 Å². The smallest absolute Gasteiger partial charge is 0.225 e. The molecule has 0 saturated carbocycles. The van der Waals surface area contributed by atoms with Crippen molar-refractivity contribution in [1.29, 1.82) is 0 Å². The summed E-state index contributed by atoms with van der Waals surface area (Å²) in [6.07, 6.45) is 0.540. The standard InChI is InChI=1S/C21H27N3O/c1-17-8-9-20(18(2)16-17)22-21(25)10-11-23-12-14-24(15-13-23)19-6-4-3-5-7-19/h3-9,16H,10-15H2,1-2H3,(H,22,25). The van der Waals surface area contributed by atoms with Gasteiger partial charge in [0.05, 0.1) is 0 Å². The van der Waals surface area contributed by atoms with Gasteiger partial charge in [-0.1, -0.05) is 35.9 Å². The Morgan fingerprint density at radius 1 is 1.00 bits per heavy atom. The highest BCUT2D eigenvalue weighted by Crippen LogP contribution is 2.17. The topological polar surface area (TPSA) is 35.6 Å². The van der Waals surface area contributed by atoms with Gasteiger partial charge < -0.3 is 10.2 Å². The number of carbonyl (C=O) groups is 1. The van der Waals surface area contributed by atoms with Gasteiger partial charge in [0.1, 0.15) is 0 Å². The minimum absolute atomic E-state index is 0.0949. The average molecular weight is 337 g/mol. The highest BCUT2D eigenvalue weighted by Gasteiger charge is 2.17. The number of aryl methyl sites for hydroxylation is 2. The summed E-state index contributed by atoms with van der Waals surface area (Å²) in [6, 6.07) is 16.7. The van der Waals surface area contributed by atoms with Crippen LogP contribution >= 0.6 is 0 Å². The largest absolute Gasteiger partial charge is 0.369 e. The molecule has 1 aliphatic heterocycles. The molecule has 1 aliphatic rings. The van der Waals surface area contributed by atoms with E-state index >= 15 is 0 Å². The molecule has 2 aromatic carbocycles. The first kappa shape index (κ1) is 17.5. The van der Waals surface area contributed by atoms with Gasteiger partial charge in [-0.2, -0.15) is 0 Å². The summed E-state index contributed by atoms with van der Waals surface area (Å²) in [6.45, 7) is 8.96. The van der Waals surface area contributed by atoms with Crippen LogP contribution in [0.4, 0.5) is 11.4 Å². The van der Waals surface area contributed by atoms with Crippen molar-refractivity contribution in [2.45, 2.75) is 20.3 Å². The van der Waals surface area contributed by atoms with E-state index in [2.05, 4.69) is 52.4 Å². The SMILES string of the molecule is Cc1ccc(NC(=O)CCN2CCN(c3ccccc3)CC2)c(C)c1. The fraction of sp³-hybridized carbons (Fsp3) is 0.381. The number of piperazine rings is 1. The second kappa shape index (κ2) is 8.17. The molecule has 1 heterocycles. The molecule has 1 amide bonds. The van der Waals surface area contributed by atoms with Crippen LogP contribution in [0.15, 0.2) is 48.5 Å². The molecule has 1 fully saturated rings. The molecule has 0 atom stereocenters. The molecule has 0 bridgehead atoms. The van der Waals surface area contributed by atoms with E-state index in [1.807, 2.05) is 25.1 Å². The molecule has 0 spiro atoms. The maximum atomic E-state index is 12.2. The third-order valence-corrected chi connectivity index (χ3v) is 4.80. The second-order valence-electron chi connectivity index (χ2n) is 6.78. The fourth-order valence-electron chi connectivity index (χ4n) is 3.29. The molecule has 0 unspecified atom stereocenters. The molecule has 4 nitrogen and oxygen atoms in total. The molecule has 2 aromatic rings. The lowest BCUT2D eigenvalue weighted by molar-refractivity contribution is -0.116. The minimum Gasteiger partial charge on any atom is -0.369 e. The Balaban J connectivity index is 1.43. The predicted molar refractivity (Wildman–Crippen MR) is 104 cm³/mol. The molecule has 1 N–H and O–H groups in total. The Morgan fingerprint density at radius 2 is 1.72 bits per heavy atom. The maximum Gasteiger partial charge on any atom is 0.225 e. The van der Waals surface area contributed by atoms with Gasteiger partial charge in [-0.05, 0) is 37.6 Å². The molecule has 1 saturated heterocycles. The van der Waals surface area contributed by atoms with E-state index in [4.69, 9.17) is 0 Å². The number of rotatable bonds is 5. The normalized spacial score (nSPS) is 15.2. The minimum atomic E-state index is 0.0949. The molecule has 4 heteroatoms. The van der Waals surface area contributed by atoms with Crippen LogP contribution in [0.3, 0.4) is 0 Å². The summed E-state index contributed by atoms with van der Waals surface area (Å²) in [4.78, 5) is 17.0. The average Bonchev–Trinajstić information content (AvgIpc) is 2.63. The zero-order valence-electron chi connectivity index (χ0n) is 15.2.